The first-order valence-electron chi connectivity index (χ1n) is 5.25. The van der Waals surface area contributed by atoms with Crippen molar-refractivity contribution in [1.82, 2.24) is 0 Å². The third kappa shape index (κ3) is 3.77. The molecule has 1 rings (SSSR count). The van der Waals surface area contributed by atoms with Crippen LogP contribution in [0.15, 0.2) is 24.3 Å². The van der Waals surface area contributed by atoms with E-state index >= 15 is 0 Å². The lowest BCUT2D eigenvalue weighted by molar-refractivity contribution is -0.142. The van der Waals surface area contributed by atoms with E-state index in [0.29, 0.717) is 6.61 Å². The van der Waals surface area contributed by atoms with Gasteiger partial charge in [0.2, 0.25) is 0 Å². The van der Waals surface area contributed by atoms with Gasteiger partial charge in [0.25, 0.3) is 0 Å². The highest BCUT2D eigenvalue weighted by Crippen LogP contribution is 2.17. The molecule has 1 aromatic rings. The van der Waals surface area contributed by atoms with Gasteiger partial charge in [-0.1, -0.05) is 18.2 Å². The molecule has 0 aromatic heterocycles. The van der Waals surface area contributed by atoms with Gasteiger partial charge >= 0.3 is 5.97 Å². The number of esters is 1. The molecular weight excluding hydrogens is 204 g/mol. The summed E-state index contributed by atoms with van der Waals surface area (Å²) in [4.78, 5) is 11.0. The summed E-state index contributed by atoms with van der Waals surface area (Å²) in [5, 5.41) is 9.33. The molecule has 0 fully saturated rings. The minimum absolute atomic E-state index is 0.228. The summed E-state index contributed by atoms with van der Waals surface area (Å²) < 4.78 is 4.79. The van der Waals surface area contributed by atoms with E-state index in [9.17, 15) is 9.90 Å². The zero-order chi connectivity index (χ0) is 12.0. The Kier molecular flexibility index (Phi) is 4.58. The van der Waals surface area contributed by atoms with E-state index in [1.54, 1.807) is 25.1 Å². The molecule has 0 aliphatic carbocycles. The quantitative estimate of drug-likeness (QED) is 0.793. The fourth-order valence-electron chi connectivity index (χ4n) is 1.29. The standard InChI is InChI=1S/C13H16O3/c1-3-16-13(15)6-4-5-11-7-8-12(14)10(2)9-11/h4-5,7-9,14H,3,6H2,1-2H3. The molecule has 0 saturated carbocycles. The summed E-state index contributed by atoms with van der Waals surface area (Å²) in [6, 6.07) is 5.29. The van der Waals surface area contributed by atoms with Gasteiger partial charge in [-0.2, -0.15) is 0 Å². The van der Waals surface area contributed by atoms with Crippen LogP contribution in [0.4, 0.5) is 0 Å². The lowest BCUT2D eigenvalue weighted by Gasteiger charge is -2.00. The van der Waals surface area contributed by atoms with E-state index in [4.69, 9.17) is 4.74 Å². The summed E-state index contributed by atoms with van der Waals surface area (Å²) in [7, 11) is 0. The molecule has 0 unspecified atom stereocenters. The van der Waals surface area contributed by atoms with Crippen LogP contribution in [-0.4, -0.2) is 17.7 Å². The fraction of sp³-hybridized carbons (Fsp3) is 0.308. The van der Waals surface area contributed by atoms with Gasteiger partial charge in [0.05, 0.1) is 13.0 Å². The lowest BCUT2D eigenvalue weighted by Crippen LogP contribution is -2.01. The predicted octanol–water partition coefficient (Wildman–Crippen LogP) is 2.67. The molecule has 0 saturated heterocycles. The highest BCUT2D eigenvalue weighted by Gasteiger charge is 1.97. The number of hydrogen-bond donors (Lipinski definition) is 1. The average Bonchev–Trinajstić information content (AvgIpc) is 2.24. The van der Waals surface area contributed by atoms with Crippen LogP contribution in [0, 0.1) is 6.92 Å². The first-order chi connectivity index (χ1) is 7.63. The minimum atomic E-state index is -0.228. The van der Waals surface area contributed by atoms with Crippen LogP contribution in [0.5, 0.6) is 5.75 Å². The Morgan fingerprint density at radius 1 is 1.50 bits per heavy atom. The molecule has 3 heteroatoms. The molecule has 0 spiro atoms. The maximum atomic E-state index is 11.0. The summed E-state index contributed by atoms with van der Waals surface area (Å²) in [6.07, 6.45) is 3.86. The van der Waals surface area contributed by atoms with Gasteiger partial charge in [-0.25, -0.2) is 0 Å². The van der Waals surface area contributed by atoms with Crippen molar-refractivity contribution in [2.24, 2.45) is 0 Å². The molecule has 0 amide bonds. The molecule has 0 bridgehead atoms. The average molecular weight is 220 g/mol. The Labute approximate surface area is 95.4 Å². The van der Waals surface area contributed by atoms with Crippen molar-refractivity contribution in [3.8, 4) is 5.75 Å². The largest absolute Gasteiger partial charge is 0.508 e. The lowest BCUT2D eigenvalue weighted by atomic mass is 10.1. The van der Waals surface area contributed by atoms with Crippen LogP contribution in [-0.2, 0) is 9.53 Å². The molecule has 0 radical (unpaired) electrons. The second-order valence-electron chi connectivity index (χ2n) is 3.46. The zero-order valence-electron chi connectivity index (χ0n) is 9.56. The van der Waals surface area contributed by atoms with Crippen LogP contribution in [0.1, 0.15) is 24.5 Å². The number of aryl methyl sites for hydroxylation is 1. The Bertz CT molecular complexity index is 394. The first-order valence-corrected chi connectivity index (χ1v) is 5.25. The number of carbonyl (C=O) groups excluding carboxylic acids is 1. The van der Waals surface area contributed by atoms with Crippen molar-refractivity contribution >= 4 is 12.0 Å². The Hall–Kier alpha value is -1.77. The van der Waals surface area contributed by atoms with Crippen LogP contribution in [0.25, 0.3) is 6.08 Å². The van der Waals surface area contributed by atoms with E-state index in [0.717, 1.165) is 11.1 Å². The number of benzene rings is 1. The van der Waals surface area contributed by atoms with Crippen molar-refractivity contribution in [2.75, 3.05) is 6.61 Å². The van der Waals surface area contributed by atoms with Crippen molar-refractivity contribution in [2.45, 2.75) is 20.3 Å². The van der Waals surface area contributed by atoms with E-state index < -0.39 is 0 Å². The van der Waals surface area contributed by atoms with E-state index in [1.165, 1.54) is 0 Å². The number of ether oxygens (including phenoxy) is 1. The number of carbonyl (C=O) groups is 1. The first kappa shape index (κ1) is 12.3. The van der Waals surface area contributed by atoms with Crippen molar-refractivity contribution < 1.29 is 14.6 Å². The monoisotopic (exact) mass is 220 g/mol. The molecule has 0 aliphatic rings. The maximum Gasteiger partial charge on any atom is 0.309 e. The summed E-state index contributed by atoms with van der Waals surface area (Å²) in [6.45, 7) is 4.02. The second-order valence-corrected chi connectivity index (χ2v) is 3.46. The van der Waals surface area contributed by atoms with Gasteiger partial charge in [0.1, 0.15) is 5.75 Å². The third-order valence-electron chi connectivity index (χ3n) is 2.12. The Balaban J connectivity index is 2.56. The highest BCUT2D eigenvalue weighted by atomic mass is 16.5. The van der Waals surface area contributed by atoms with E-state index in [1.807, 2.05) is 19.1 Å². The molecule has 3 nitrogen and oxygen atoms in total. The van der Waals surface area contributed by atoms with Crippen LogP contribution in [0.3, 0.4) is 0 Å². The van der Waals surface area contributed by atoms with Crippen molar-refractivity contribution in [3.63, 3.8) is 0 Å². The molecule has 1 N–H and O–H groups in total. The summed E-state index contributed by atoms with van der Waals surface area (Å²) >= 11 is 0. The fourth-order valence-corrected chi connectivity index (χ4v) is 1.29. The van der Waals surface area contributed by atoms with Gasteiger partial charge in [-0.05, 0) is 37.1 Å². The maximum absolute atomic E-state index is 11.0. The molecule has 0 aliphatic heterocycles. The number of aromatic hydroxyl groups is 1. The third-order valence-corrected chi connectivity index (χ3v) is 2.12. The van der Waals surface area contributed by atoms with Gasteiger partial charge < -0.3 is 9.84 Å². The predicted molar refractivity (Wildman–Crippen MR) is 63.1 cm³/mol. The molecule has 16 heavy (non-hydrogen) atoms. The number of rotatable bonds is 4. The minimum Gasteiger partial charge on any atom is -0.508 e. The molecule has 0 atom stereocenters. The number of phenolic OH excluding ortho intramolecular Hbond substituents is 1. The SMILES string of the molecule is CCOC(=O)CC=Cc1ccc(O)c(C)c1. The van der Waals surface area contributed by atoms with Crippen LogP contribution >= 0.6 is 0 Å². The molecular formula is C13H16O3. The Morgan fingerprint density at radius 3 is 2.88 bits per heavy atom. The zero-order valence-corrected chi connectivity index (χ0v) is 9.56. The smallest absolute Gasteiger partial charge is 0.309 e. The topological polar surface area (TPSA) is 46.5 Å². The van der Waals surface area contributed by atoms with E-state index in [-0.39, 0.29) is 18.1 Å². The molecule has 1 aromatic carbocycles. The van der Waals surface area contributed by atoms with Gasteiger partial charge in [0, 0.05) is 0 Å². The Morgan fingerprint density at radius 2 is 2.25 bits per heavy atom. The summed E-state index contributed by atoms with van der Waals surface area (Å²) in [5.74, 6) is 0.0526. The van der Waals surface area contributed by atoms with Gasteiger partial charge in [0.15, 0.2) is 0 Å². The molecule has 0 heterocycles. The highest BCUT2D eigenvalue weighted by molar-refractivity contribution is 5.72. The van der Waals surface area contributed by atoms with Crippen molar-refractivity contribution in [1.29, 1.82) is 0 Å². The van der Waals surface area contributed by atoms with Crippen molar-refractivity contribution in [3.05, 3.63) is 35.4 Å². The number of phenols is 1. The normalized spacial score (nSPS) is 10.6. The van der Waals surface area contributed by atoms with Gasteiger partial charge in [-0.15, -0.1) is 0 Å². The summed E-state index contributed by atoms with van der Waals surface area (Å²) in [5.41, 5.74) is 1.78. The van der Waals surface area contributed by atoms with Crippen LogP contribution in [0.2, 0.25) is 0 Å². The van der Waals surface area contributed by atoms with E-state index in [2.05, 4.69) is 0 Å². The van der Waals surface area contributed by atoms with Gasteiger partial charge in [-0.3, -0.25) is 4.79 Å². The second kappa shape index (κ2) is 5.95. The van der Waals surface area contributed by atoms with Crippen LogP contribution < -0.4 is 0 Å². The number of hydrogen-bond acceptors (Lipinski definition) is 3. The molecule has 86 valence electrons.